The summed E-state index contributed by atoms with van der Waals surface area (Å²) in [4.78, 5) is 2.60. The van der Waals surface area contributed by atoms with Crippen LogP contribution in [0.4, 0.5) is 11.4 Å². The fourth-order valence-corrected chi connectivity index (χ4v) is 3.09. The van der Waals surface area contributed by atoms with E-state index in [1.165, 1.54) is 21.2 Å². The quantitative estimate of drug-likeness (QED) is 0.862. The van der Waals surface area contributed by atoms with Crippen molar-refractivity contribution in [1.29, 1.82) is 0 Å². The average molecular weight is 242 g/mol. The second-order valence-electron chi connectivity index (χ2n) is 3.88. The maximum atomic E-state index is 3.42. The van der Waals surface area contributed by atoms with Crippen LogP contribution < -0.4 is 10.4 Å². The molecule has 1 aliphatic rings. The van der Waals surface area contributed by atoms with Gasteiger partial charge in [-0.1, -0.05) is 43.0 Å². The minimum Gasteiger partial charge on any atom is -0.275 e. The van der Waals surface area contributed by atoms with E-state index in [9.17, 15) is 0 Å². The van der Waals surface area contributed by atoms with Gasteiger partial charge >= 0.3 is 0 Å². The van der Waals surface area contributed by atoms with Crippen LogP contribution >= 0.6 is 11.8 Å². The predicted molar refractivity (Wildman–Crippen MR) is 72.8 cm³/mol. The summed E-state index contributed by atoms with van der Waals surface area (Å²) in [7, 11) is 0. The van der Waals surface area contributed by atoms with Gasteiger partial charge in [0.1, 0.15) is 0 Å². The summed E-state index contributed by atoms with van der Waals surface area (Å²) in [5.74, 6) is 0. The molecule has 2 aromatic rings. The van der Waals surface area contributed by atoms with E-state index in [1.807, 2.05) is 11.8 Å². The van der Waals surface area contributed by atoms with Gasteiger partial charge in [-0.15, -0.1) is 0 Å². The van der Waals surface area contributed by atoms with Crippen LogP contribution in [0.3, 0.4) is 0 Å². The average Bonchev–Trinajstić information content (AvgIpc) is 2.39. The Balaban J connectivity index is 2.13. The maximum absolute atomic E-state index is 3.42. The first-order valence-corrected chi connectivity index (χ1v) is 6.61. The molecule has 0 saturated carbocycles. The second kappa shape index (κ2) is 4.43. The zero-order chi connectivity index (χ0) is 11.7. The van der Waals surface area contributed by atoms with Gasteiger partial charge in [-0.05, 0) is 24.3 Å². The summed E-state index contributed by atoms with van der Waals surface area (Å²) < 4.78 is 0. The molecule has 0 unspecified atom stereocenters. The molecule has 0 saturated heterocycles. The lowest BCUT2D eigenvalue weighted by atomic mass is 10.2. The summed E-state index contributed by atoms with van der Waals surface area (Å²) in [6.07, 6.45) is 0. The lowest BCUT2D eigenvalue weighted by molar-refractivity contribution is 0.727. The number of hydrogen-bond donors (Lipinski definition) is 1. The molecule has 2 aromatic carbocycles. The van der Waals surface area contributed by atoms with Crippen LogP contribution in [0, 0.1) is 0 Å². The number of nitrogens with one attached hydrogen (secondary N) is 1. The largest absolute Gasteiger partial charge is 0.275 e. The highest BCUT2D eigenvalue weighted by molar-refractivity contribution is 7.99. The van der Waals surface area contributed by atoms with Crippen molar-refractivity contribution in [3.63, 3.8) is 0 Å². The van der Waals surface area contributed by atoms with Crippen molar-refractivity contribution >= 4 is 23.1 Å². The van der Waals surface area contributed by atoms with Gasteiger partial charge in [0.05, 0.1) is 11.4 Å². The van der Waals surface area contributed by atoms with Crippen molar-refractivity contribution in [2.45, 2.75) is 16.7 Å². The number of rotatable bonds is 2. The van der Waals surface area contributed by atoms with Gasteiger partial charge in [0.15, 0.2) is 0 Å². The standard InChI is InChI=1S/C14H14N2S/c1-2-15-16-11-7-3-5-9-13(11)17-14-10-6-4-8-12(14)16/h3-10,15H,2H2,1H3. The normalized spacial score (nSPS) is 13.1. The van der Waals surface area contributed by atoms with Gasteiger partial charge in [-0.2, -0.15) is 0 Å². The maximum Gasteiger partial charge on any atom is 0.0717 e. The van der Waals surface area contributed by atoms with Crippen molar-refractivity contribution in [2.24, 2.45) is 0 Å². The van der Waals surface area contributed by atoms with Crippen LogP contribution in [0.25, 0.3) is 0 Å². The molecule has 17 heavy (non-hydrogen) atoms. The molecule has 0 aromatic heterocycles. The SMILES string of the molecule is CCNN1c2ccccc2Sc2ccccc21. The fraction of sp³-hybridized carbons (Fsp3) is 0.143. The minimum absolute atomic E-state index is 0.910. The van der Waals surface area contributed by atoms with Crippen LogP contribution in [0.5, 0.6) is 0 Å². The van der Waals surface area contributed by atoms with Gasteiger partial charge in [-0.25, -0.2) is 5.43 Å². The van der Waals surface area contributed by atoms with E-state index in [2.05, 4.69) is 65.9 Å². The number of nitrogens with zero attached hydrogens (tertiary/aromatic N) is 1. The summed E-state index contributed by atoms with van der Waals surface area (Å²) in [5.41, 5.74) is 5.89. The number of fused-ring (bicyclic) bond motifs is 2. The highest BCUT2D eigenvalue weighted by atomic mass is 32.2. The number of para-hydroxylation sites is 2. The molecule has 0 atom stereocenters. The Hall–Kier alpha value is -1.45. The molecule has 3 rings (SSSR count). The zero-order valence-electron chi connectivity index (χ0n) is 9.68. The van der Waals surface area contributed by atoms with E-state index in [4.69, 9.17) is 0 Å². The molecule has 86 valence electrons. The Morgan fingerprint density at radius 1 is 0.941 bits per heavy atom. The van der Waals surface area contributed by atoms with Gasteiger partial charge in [0, 0.05) is 16.3 Å². The Morgan fingerprint density at radius 2 is 1.47 bits per heavy atom. The molecule has 0 radical (unpaired) electrons. The summed E-state index contributed by atoms with van der Waals surface area (Å²) >= 11 is 1.83. The van der Waals surface area contributed by atoms with Crippen LogP contribution in [-0.4, -0.2) is 6.54 Å². The first-order chi connectivity index (χ1) is 8.40. The lowest BCUT2D eigenvalue weighted by Gasteiger charge is -2.32. The first-order valence-electron chi connectivity index (χ1n) is 5.79. The highest BCUT2D eigenvalue weighted by Gasteiger charge is 2.21. The van der Waals surface area contributed by atoms with Crippen LogP contribution in [0.2, 0.25) is 0 Å². The smallest absolute Gasteiger partial charge is 0.0717 e. The summed E-state index contributed by atoms with van der Waals surface area (Å²) in [6, 6.07) is 17.0. The van der Waals surface area contributed by atoms with Crippen molar-refractivity contribution in [3.8, 4) is 0 Å². The molecule has 0 amide bonds. The molecule has 1 heterocycles. The van der Waals surface area contributed by atoms with Crippen molar-refractivity contribution in [2.75, 3.05) is 11.6 Å². The van der Waals surface area contributed by atoms with E-state index in [1.54, 1.807) is 0 Å². The van der Waals surface area contributed by atoms with E-state index >= 15 is 0 Å². The Kier molecular flexibility index (Phi) is 2.79. The van der Waals surface area contributed by atoms with Gasteiger partial charge in [0.25, 0.3) is 0 Å². The predicted octanol–water partition coefficient (Wildman–Crippen LogP) is 3.81. The Bertz CT molecular complexity index is 494. The van der Waals surface area contributed by atoms with Crippen LogP contribution in [0.15, 0.2) is 58.3 Å². The van der Waals surface area contributed by atoms with Gasteiger partial charge in [0.2, 0.25) is 0 Å². The number of hydrogen-bond acceptors (Lipinski definition) is 3. The second-order valence-corrected chi connectivity index (χ2v) is 4.97. The monoisotopic (exact) mass is 242 g/mol. The summed E-state index contributed by atoms with van der Waals surface area (Å²) in [6.45, 7) is 3.03. The molecular weight excluding hydrogens is 228 g/mol. The topological polar surface area (TPSA) is 15.3 Å². The number of benzene rings is 2. The third-order valence-corrected chi connectivity index (χ3v) is 3.88. The van der Waals surface area contributed by atoms with Crippen LogP contribution in [-0.2, 0) is 0 Å². The molecule has 2 nitrogen and oxygen atoms in total. The van der Waals surface area contributed by atoms with Crippen LogP contribution in [0.1, 0.15) is 6.92 Å². The summed E-state index contributed by atoms with van der Waals surface area (Å²) in [5, 5.41) is 2.18. The number of anilines is 2. The number of hydrazine groups is 1. The molecule has 1 aliphatic heterocycles. The first kappa shape index (κ1) is 10.7. The lowest BCUT2D eigenvalue weighted by Crippen LogP contribution is -2.35. The third-order valence-electron chi connectivity index (χ3n) is 2.75. The van der Waals surface area contributed by atoms with Gasteiger partial charge < -0.3 is 0 Å². The van der Waals surface area contributed by atoms with E-state index < -0.39 is 0 Å². The molecule has 3 heteroatoms. The van der Waals surface area contributed by atoms with E-state index in [0.29, 0.717) is 0 Å². The molecule has 0 aliphatic carbocycles. The van der Waals surface area contributed by atoms with Crippen molar-refractivity contribution in [3.05, 3.63) is 48.5 Å². The van der Waals surface area contributed by atoms with E-state index in [-0.39, 0.29) is 0 Å². The van der Waals surface area contributed by atoms with Crippen molar-refractivity contribution < 1.29 is 0 Å². The molecule has 0 spiro atoms. The zero-order valence-corrected chi connectivity index (χ0v) is 10.5. The molecule has 0 fully saturated rings. The van der Waals surface area contributed by atoms with Crippen molar-refractivity contribution in [1.82, 2.24) is 5.43 Å². The molecular formula is C14H14N2S. The highest BCUT2D eigenvalue weighted by Crippen LogP contribution is 2.46. The third kappa shape index (κ3) is 1.81. The molecule has 1 N–H and O–H groups in total. The van der Waals surface area contributed by atoms with Gasteiger partial charge in [-0.3, -0.25) is 5.01 Å². The molecule has 0 bridgehead atoms. The fourth-order valence-electron chi connectivity index (χ4n) is 2.03. The Morgan fingerprint density at radius 3 is 2.00 bits per heavy atom. The van der Waals surface area contributed by atoms with E-state index in [0.717, 1.165) is 6.54 Å². The Labute approximate surface area is 106 Å². The minimum atomic E-state index is 0.910.